The molecule has 0 bridgehead atoms. The molecule has 9 nitrogen and oxygen atoms in total. The molecule has 1 aromatic rings. The molecule has 2 fully saturated rings. The molecule has 1 saturated carbocycles. The zero-order valence-electron chi connectivity index (χ0n) is 18.5. The van der Waals surface area contributed by atoms with Gasteiger partial charge in [0.05, 0.1) is 6.10 Å². The van der Waals surface area contributed by atoms with Gasteiger partial charge >= 0.3 is 12.1 Å². The van der Waals surface area contributed by atoms with E-state index in [0.717, 1.165) is 63.1 Å². The number of carboxylic acid groups (broad SMARTS) is 1. The summed E-state index contributed by atoms with van der Waals surface area (Å²) in [5.74, 6) is 0.594. The molecule has 1 aromatic heterocycles. The average Bonchev–Trinajstić information content (AvgIpc) is 3.26. The molecule has 176 valence electrons. The highest BCUT2D eigenvalue weighted by molar-refractivity contribution is 5.79. The average molecular weight is 447 g/mol. The van der Waals surface area contributed by atoms with Crippen LogP contribution in [0.2, 0.25) is 0 Å². The number of aryl methyl sites for hydroxylation is 2. The topological polar surface area (TPSA) is 122 Å². The molecular weight excluding hydrogens is 412 g/mol. The first-order chi connectivity index (χ1) is 15.6. The van der Waals surface area contributed by atoms with Crippen molar-refractivity contribution >= 4 is 17.9 Å². The number of rotatable bonds is 10. The summed E-state index contributed by atoms with van der Waals surface area (Å²) in [5, 5.41) is 18.3. The van der Waals surface area contributed by atoms with Gasteiger partial charge in [-0.1, -0.05) is 6.07 Å². The first-order valence-corrected chi connectivity index (χ1v) is 11.8. The number of hydrogen-bond donors (Lipinski definition) is 4. The standard InChI is InChI=1S/C23H34N4O5/c28-22(29)20(27-23(30)32-18-7-10-24-14-18)8-11-31-19-12-15(13-19)3-5-17-6-4-16-2-1-9-25-21(16)26-17/h4,6,15,18-20,24H,1-3,5,7-14H2,(H,25,26)(H,27,30)(H,28,29). The molecule has 2 aliphatic heterocycles. The number of aromatic nitrogens is 1. The zero-order chi connectivity index (χ0) is 22.3. The van der Waals surface area contributed by atoms with Gasteiger partial charge in [-0.05, 0) is 69.0 Å². The third kappa shape index (κ3) is 6.32. The van der Waals surface area contributed by atoms with Crippen molar-refractivity contribution in [2.24, 2.45) is 5.92 Å². The highest BCUT2D eigenvalue weighted by Crippen LogP contribution is 2.34. The zero-order valence-corrected chi connectivity index (χ0v) is 18.5. The second kappa shape index (κ2) is 11.0. The third-order valence-corrected chi connectivity index (χ3v) is 6.59. The SMILES string of the molecule is O=C(NC(CCOC1CC(CCc2ccc3c(n2)NCCC3)C1)C(=O)O)OC1CCNC1. The van der Waals surface area contributed by atoms with Crippen molar-refractivity contribution in [2.75, 3.05) is 31.6 Å². The number of carboxylic acids is 1. The van der Waals surface area contributed by atoms with Crippen LogP contribution in [0.25, 0.3) is 0 Å². The van der Waals surface area contributed by atoms with Gasteiger partial charge in [-0.3, -0.25) is 0 Å². The van der Waals surface area contributed by atoms with Gasteiger partial charge in [0, 0.05) is 31.8 Å². The minimum Gasteiger partial charge on any atom is -0.480 e. The fourth-order valence-corrected chi connectivity index (χ4v) is 4.57. The summed E-state index contributed by atoms with van der Waals surface area (Å²) < 4.78 is 11.1. The number of pyridine rings is 1. The number of nitrogens with zero attached hydrogens (tertiary/aromatic N) is 1. The van der Waals surface area contributed by atoms with E-state index in [-0.39, 0.29) is 18.6 Å². The molecule has 3 aliphatic rings. The Labute approximate surface area is 188 Å². The van der Waals surface area contributed by atoms with Gasteiger partial charge in [-0.2, -0.15) is 0 Å². The highest BCUT2D eigenvalue weighted by Gasteiger charge is 2.30. The summed E-state index contributed by atoms with van der Waals surface area (Å²) in [6.45, 7) is 2.72. The molecule has 0 aromatic carbocycles. The van der Waals surface area contributed by atoms with Crippen molar-refractivity contribution in [3.63, 3.8) is 0 Å². The molecule has 3 heterocycles. The molecule has 4 N–H and O–H groups in total. The van der Waals surface area contributed by atoms with E-state index in [1.54, 1.807) is 0 Å². The maximum absolute atomic E-state index is 11.9. The van der Waals surface area contributed by atoms with E-state index in [1.165, 1.54) is 12.0 Å². The smallest absolute Gasteiger partial charge is 0.408 e. The van der Waals surface area contributed by atoms with Gasteiger partial charge in [0.1, 0.15) is 18.0 Å². The molecule has 0 radical (unpaired) electrons. The van der Waals surface area contributed by atoms with Gasteiger partial charge in [-0.15, -0.1) is 0 Å². The van der Waals surface area contributed by atoms with Gasteiger partial charge < -0.3 is 30.5 Å². The molecule has 0 spiro atoms. The minimum absolute atomic E-state index is 0.170. The lowest BCUT2D eigenvalue weighted by atomic mass is 9.79. The number of aliphatic carboxylic acids is 1. The fraction of sp³-hybridized carbons (Fsp3) is 0.696. The highest BCUT2D eigenvalue weighted by atomic mass is 16.6. The maximum Gasteiger partial charge on any atom is 0.408 e. The molecule has 4 rings (SSSR count). The molecular formula is C23H34N4O5. The first kappa shape index (κ1) is 22.8. The first-order valence-electron chi connectivity index (χ1n) is 11.8. The van der Waals surface area contributed by atoms with Gasteiger partial charge in [0.2, 0.25) is 0 Å². The number of nitrogens with one attached hydrogen (secondary N) is 3. The number of anilines is 1. The lowest BCUT2D eigenvalue weighted by molar-refractivity contribution is -0.140. The van der Waals surface area contributed by atoms with Gasteiger partial charge in [0.25, 0.3) is 0 Å². The van der Waals surface area contributed by atoms with Crippen molar-refractivity contribution < 1.29 is 24.2 Å². The normalized spacial score (nSPS) is 25.2. The fourth-order valence-electron chi connectivity index (χ4n) is 4.57. The Morgan fingerprint density at radius 3 is 2.91 bits per heavy atom. The largest absolute Gasteiger partial charge is 0.480 e. The number of carbonyl (C=O) groups excluding carboxylic acids is 1. The number of alkyl carbamates (subject to hydrolysis) is 1. The lowest BCUT2D eigenvalue weighted by Gasteiger charge is -2.35. The number of hydrogen-bond acceptors (Lipinski definition) is 7. The van der Waals surface area contributed by atoms with Crippen LogP contribution in [-0.4, -0.2) is 66.6 Å². The van der Waals surface area contributed by atoms with Crippen LogP contribution in [0.4, 0.5) is 10.6 Å². The monoisotopic (exact) mass is 446 g/mol. The Hall–Kier alpha value is -2.39. The molecule has 32 heavy (non-hydrogen) atoms. The Morgan fingerprint density at radius 1 is 1.25 bits per heavy atom. The number of ether oxygens (including phenoxy) is 2. The van der Waals surface area contributed by atoms with E-state index in [4.69, 9.17) is 14.5 Å². The Bertz CT molecular complexity index is 793. The van der Waals surface area contributed by atoms with Crippen molar-refractivity contribution in [1.82, 2.24) is 15.6 Å². The van der Waals surface area contributed by atoms with Crippen molar-refractivity contribution in [3.8, 4) is 0 Å². The molecule has 2 unspecified atom stereocenters. The Morgan fingerprint density at radius 2 is 2.12 bits per heavy atom. The number of fused-ring (bicyclic) bond motifs is 1. The van der Waals surface area contributed by atoms with Crippen LogP contribution >= 0.6 is 0 Å². The van der Waals surface area contributed by atoms with E-state index in [1.807, 2.05) is 0 Å². The summed E-state index contributed by atoms with van der Waals surface area (Å²) in [5.41, 5.74) is 2.45. The van der Waals surface area contributed by atoms with E-state index in [0.29, 0.717) is 19.1 Å². The molecule has 1 aliphatic carbocycles. The van der Waals surface area contributed by atoms with E-state index >= 15 is 0 Å². The lowest BCUT2D eigenvalue weighted by Crippen LogP contribution is -2.43. The van der Waals surface area contributed by atoms with E-state index in [9.17, 15) is 14.7 Å². The summed E-state index contributed by atoms with van der Waals surface area (Å²) in [4.78, 5) is 28.1. The second-order valence-electron chi connectivity index (χ2n) is 9.05. The summed E-state index contributed by atoms with van der Waals surface area (Å²) >= 11 is 0. The second-order valence-corrected chi connectivity index (χ2v) is 9.05. The summed E-state index contributed by atoms with van der Waals surface area (Å²) in [6.07, 6.45) is 6.58. The van der Waals surface area contributed by atoms with Crippen LogP contribution in [0.5, 0.6) is 0 Å². The Balaban J connectivity index is 1.10. The van der Waals surface area contributed by atoms with Gasteiger partial charge in [0.15, 0.2) is 0 Å². The van der Waals surface area contributed by atoms with Crippen LogP contribution in [0.1, 0.15) is 49.8 Å². The number of carbonyl (C=O) groups is 2. The molecule has 9 heteroatoms. The summed E-state index contributed by atoms with van der Waals surface area (Å²) in [6, 6.07) is 3.34. The van der Waals surface area contributed by atoms with Crippen LogP contribution < -0.4 is 16.0 Å². The van der Waals surface area contributed by atoms with Crippen molar-refractivity contribution in [2.45, 2.75) is 69.6 Å². The predicted molar refractivity (Wildman–Crippen MR) is 119 cm³/mol. The van der Waals surface area contributed by atoms with E-state index < -0.39 is 18.1 Å². The molecule has 1 saturated heterocycles. The molecule has 1 amide bonds. The van der Waals surface area contributed by atoms with Crippen molar-refractivity contribution in [3.05, 3.63) is 23.4 Å². The van der Waals surface area contributed by atoms with Gasteiger partial charge in [-0.25, -0.2) is 14.6 Å². The van der Waals surface area contributed by atoms with Crippen molar-refractivity contribution in [1.29, 1.82) is 0 Å². The van der Waals surface area contributed by atoms with E-state index in [2.05, 4.69) is 28.1 Å². The van der Waals surface area contributed by atoms with Crippen LogP contribution in [0.15, 0.2) is 12.1 Å². The van der Waals surface area contributed by atoms with Crippen LogP contribution in [0.3, 0.4) is 0 Å². The minimum atomic E-state index is -1.08. The third-order valence-electron chi connectivity index (χ3n) is 6.59. The molecule has 2 atom stereocenters. The quantitative estimate of drug-likeness (QED) is 0.431. The predicted octanol–water partition coefficient (Wildman–Crippen LogP) is 2.10. The maximum atomic E-state index is 11.9. The summed E-state index contributed by atoms with van der Waals surface area (Å²) in [7, 11) is 0. The number of amides is 1. The van der Waals surface area contributed by atoms with Crippen LogP contribution in [-0.2, 0) is 27.1 Å². The van der Waals surface area contributed by atoms with Crippen LogP contribution in [0, 0.1) is 5.92 Å². The Kier molecular flexibility index (Phi) is 7.81.